The first kappa shape index (κ1) is 13.5. The fraction of sp³-hybridized carbons (Fsp3) is 0.308. The minimum atomic E-state index is 0.715. The van der Waals surface area contributed by atoms with Crippen LogP contribution in [0.3, 0.4) is 0 Å². The van der Waals surface area contributed by atoms with Crippen LogP contribution in [0.2, 0.25) is 5.02 Å². The molecule has 5 heteroatoms. The number of benzene rings is 1. The van der Waals surface area contributed by atoms with Crippen LogP contribution in [0.1, 0.15) is 5.01 Å². The molecule has 0 saturated heterocycles. The molecule has 1 heterocycles. The number of hydrogen-bond acceptors (Lipinski definition) is 4. The highest BCUT2D eigenvalue weighted by molar-refractivity contribution is 7.09. The average Bonchev–Trinajstić information content (AvgIpc) is 2.83. The summed E-state index contributed by atoms with van der Waals surface area (Å²) in [6.07, 6.45) is 0. The highest BCUT2D eigenvalue weighted by Crippen LogP contribution is 2.24. The molecule has 0 radical (unpaired) electrons. The van der Waals surface area contributed by atoms with E-state index in [2.05, 4.69) is 15.7 Å². The normalized spacial score (nSPS) is 10.8. The summed E-state index contributed by atoms with van der Waals surface area (Å²) in [5.41, 5.74) is 2.04. The summed E-state index contributed by atoms with van der Waals surface area (Å²) in [4.78, 5) is 4.58. The number of rotatable bonds is 6. The molecule has 0 saturated carbocycles. The second-order valence-corrected chi connectivity index (χ2v) is 5.19. The third-order valence-electron chi connectivity index (χ3n) is 2.43. The van der Waals surface area contributed by atoms with Crippen molar-refractivity contribution in [1.29, 1.82) is 0 Å². The Bertz CT molecular complexity index is 501. The molecule has 2 rings (SSSR count). The summed E-state index contributed by atoms with van der Waals surface area (Å²) < 4.78 is 4.97. The molecule has 96 valence electrons. The molecule has 0 unspecified atom stereocenters. The van der Waals surface area contributed by atoms with Crippen molar-refractivity contribution in [2.45, 2.75) is 6.54 Å². The summed E-state index contributed by atoms with van der Waals surface area (Å²) in [7, 11) is 1.70. The van der Waals surface area contributed by atoms with E-state index < -0.39 is 0 Å². The molecule has 18 heavy (non-hydrogen) atoms. The van der Waals surface area contributed by atoms with Gasteiger partial charge in [0.2, 0.25) is 0 Å². The van der Waals surface area contributed by atoms with Gasteiger partial charge in [0.25, 0.3) is 0 Å². The Morgan fingerprint density at radius 2 is 2.33 bits per heavy atom. The molecule has 0 aliphatic heterocycles. The van der Waals surface area contributed by atoms with Crippen molar-refractivity contribution < 1.29 is 4.74 Å². The quantitative estimate of drug-likeness (QED) is 0.826. The number of nitrogens with zero attached hydrogens (tertiary/aromatic N) is 1. The Balaban J connectivity index is 1.97. The number of methoxy groups -OCH3 is 1. The second-order valence-electron chi connectivity index (χ2n) is 3.81. The molecular formula is C13H15ClN2OS. The van der Waals surface area contributed by atoms with Gasteiger partial charge >= 0.3 is 0 Å². The molecule has 0 amide bonds. The van der Waals surface area contributed by atoms with Gasteiger partial charge in [0.15, 0.2) is 0 Å². The van der Waals surface area contributed by atoms with Gasteiger partial charge in [-0.25, -0.2) is 4.98 Å². The monoisotopic (exact) mass is 282 g/mol. The number of hydrogen-bond donors (Lipinski definition) is 1. The number of thiazole rings is 1. The minimum absolute atomic E-state index is 0.715. The van der Waals surface area contributed by atoms with Crippen LogP contribution >= 0.6 is 22.9 Å². The van der Waals surface area contributed by atoms with Gasteiger partial charge < -0.3 is 10.1 Å². The van der Waals surface area contributed by atoms with E-state index in [1.165, 1.54) is 0 Å². The lowest BCUT2D eigenvalue weighted by Gasteiger charge is -2.00. The fourth-order valence-electron chi connectivity index (χ4n) is 1.54. The Morgan fingerprint density at radius 1 is 1.44 bits per heavy atom. The molecule has 0 atom stereocenters. The van der Waals surface area contributed by atoms with E-state index in [4.69, 9.17) is 16.3 Å². The molecule has 1 aromatic heterocycles. The minimum Gasteiger partial charge on any atom is -0.383 e. The molecule has 0 aliphatic rings. The van der Waals surface area contributed by atoms with Gasteiger partial charge in [-0.2, -0.15) is 0 Å². The maximum Gasteiger partial charge on any atom is 0.107 e. The van der Waals surface area contributed by atoms with Gasteiger partial charge in [-0.15, -0.1) is 11.3 Å². The van der Waals surface area contributed by atoms with Gasteiger partial charge in [-0.3, -0.25) is 0 Å². The standard InChI is InChI=1S/C13H15ClN2OS/c1-17-6-5-15-8-13-16-12(9-18-13)10-3-2-4-11(14)7-10/h2-4,7,9,15H,5-6,8H2,1H3. The van der Waals surface area contributed by atoms with Crippen LogP contribution in [0, 0.1) is 0 Å². The molecule has 1 aromatic carbocycles. The Hall–Kier alpha value is -0.940. The van der Waals surface area contributed by atoms with Crippen LogP contribution in [0.5, 0.6) is 0 Å². The predicted molar refractivity (Wildman–Crippen MR) is 76.1 cm³/mol. The highest BCUT2D eigenvalue weighted by atomic mass is 35.5. The van der Waals surface area contributed by atoms with Crippen molar-refractivity contribution >= 4 is 22.9 Å². The van der Waals surface area contributed by atoms with Gasteiger partial charge in [-0.05, 0) is 12.1 Å². The summed E-state index contributed by atoms with van der Waals surface area (Å²) in [6, 6.07) is 7.75. The number of halogens is 1. The number of ether oxygens (including phenoxy) is 1. The van der Waals surface area contributed by atoms with Gasteiger partial charge in [0, 0.05) is 36.2 Å². The second kappa shape index (κ2) is 6.85. The van der Waals surface area contributed by atoms with Crippen molar-refractivity contribution in [2.24, 2.45) is 0 Å². The summed E-state index contributed by atoms with van der Waals surface area (Å²) in [6.45, 7) is 2.32. The third kappa shape index (κ3) is 3.78. The average molecular weight is 283 g/mol. The summed E-state index contributed by atoms with van der Waals surface area (Å²) in [5.74, 6) is 0. The van der Waals surface area contributed by atoms with E-state index in [1.807, 2.05) is 24.3 Å². The van der Waals surface area contributed by atoms with E-state index in [0.29, 0.717) is 6.61 Å². The highest BCUT2D eigenvalue weighted by Gasteiger charge is 2.04. The summed E-state index contributed by atoms with van der Waals surface area (Å²) in [5, 5.41) is 7.14. The van der Waals surface area contributed by atoms with Gasteiger partial charge in [0.05, 0.1) is 12.3 Å². The first-order valence-electron chi connectivity index (χ1n) is 5.69. The maximum atomic E-state index is 5.97. The SMILES string of the molecule is COCCNCc1nc(-c2cccc(Cl)c2)cs1. The third-order valence-corrected chi connectivity index (χ3v) is 3.52. The van der Waals surface area contributed by atoms with Crippen molar-refractivity contribution in [3.63, 3.8) is 0 Å². The largest absolute Gasteiger partial charge is 0.383 e. The number of nitrogens with one attached hydrogen (secondary N) is 1. The zero-order chi connectivity index (χ0) is 12.8. The zero-order valence-corrected chi connectivity index (χ0v) is 11.7. The lowest BCUT2D eigenvalue weighted by molar-refractivity contribution is 0.199. The van der Waals surface area contributed by atoms with E-state index in [0.717, 1.165) is 34.4 Å². The van der Waals surface area contributed by atoms with Gasteiger partial charge in [-0.1, -0.05) is 23.7 Å². The smallest absolute Gasteiger partial charge is 0.107 e. The first-order chi connectivity index (χ1) is 8.79. The Kier molecular flexibility index (Phi) is 5.13. The van der Waals surface area contributed by atoms with Crippen molar-refractivity contribution in [1.82, 2.24) is 10.3 Å². The first-order valence-corrected chi connectivity index (χ1v) is 6.95. The van der Waals surface area contributed by atoms with E-state index in [9.17, 15) is 0 Å². The van der Waals surface area contributed by atoms with E-state index >= 15 is 0 Å². The molecule has 1 N–H and O–H groups in total. The molecule has 3 nitrogen and oxygen atoms in total. The van der Waals surface area contributed by atoms with Crippen LogP contribution in [-0.4, -0.2) is 25.2 Å². The molecule has 2 aromatic rings. The Labute approximate surface area is 116 Å². The van der Waals surface area contributed by atoms with Crippen LogP contribution in [-0.2, 0) is 11.3 Å². The molecule has 0 aliphatic carbocycles. The topological polar surface area (TPSA) is 34.1 Å². The lowest BCUT2D eigenvalue weighted by Crippen LogP contribution is -2.18. The Morgan fingerprint density at radius 3 is 3.11 bits per heavy atom. The molecule has 0 fully saturated rings. The van der Waals surface area contributed by atoms with E-state index in [1.54, 1.807) is 18.4 Å². The van der Waals surface area contributed by atoms with Crippen molar-refractivity contribution in [3.8, 4) is 11.3 Å². The molecular weight excluding hydrogens is 268 g/mol. The van der Waals surface area contributed by atoms with Crippen LogP contribution in [0.4, 0.5) is 0 Å². The lowest BCUT2D eigenvalue weighted by atomic mass is 10.2. The molecule has 0 spiro atoms. The van der Waals surface area contributed by atoms with Crippen molar-refractivity contribution in [3.05, 3.63) is 39.7 Å². The number of aromatic nitrogens is 1. The van der Waals surface area contributed by atoms with Crippen LogP contribution in [0.15, 0.2) is 29.6 Å². The van der Waals surface area contributed by atoms with Gasteiger partial charge in [0.1, 0.15) is 5.01 Å². The fourth-order valence-corrected chi connectivity index (χ4v) is 2.51. The zero-order valence-electron chi connectivity index (χ0n) is 10.1. The summed E-state index contributed by atoms with van der Waals surface area (Å²) >= 11 is 7.62. The maximum absolute atomic E-state index is 5.97. The molecule has 0 bridgehead atoms. The van der Waals surface area contributed by atoms with Crippen LogP contribution in [0.25, 0.3) is 11.3 Å². The predicted octanol–water partition coefficient (Wildman–Crippen LogP) is 3.20. The van der Waals surface area contributed by atoms with Crippen molar-refractivity contribution in [2.75, 3.05) is 20.3 Å². The van der Waals surface area contributed by atoms with Crippen LogP contribution < -0.4 is 5.32 Å². The van der Waals surface area contributed by atoms with E-state index in [-0.39, 0.29) is 0 Å².